The second-order valence-electron chi connectivity index (χ2n) is 4.28. The molecule has 1 unspecified atom stereocenters. The average Bonchev–Trinajstić information content (AvgIpc) is 2.81. The van der Waals surface area contributed by atoms with E-state index in [2.05, 4.69) is 21.2 Å². The first-order valence-corrected chi connectivity index (χ1v) is 7.74. The Morgan fingerprint density at radius 3 is 2.50 bits per heavy atom. The van der Waals surface area contributed by atoms with Crippen LogP contribution in [-0.4, -0.2) is 6.54 Å². The number of halogens is 4. The molecule has 0 saturated heterocycles. The molecule has 6 heteroatoms. The number of thiophene rings is 1. The van der Waals surface area contributed by atoms with Crippen LogP contribution in [0.4, 0.5) is 13.2 Å². The van der Waals surface area contributed by atoms with Gasteiger partial charge in [-0.15, -0.1) is 11.3 Å². The van der Waals surface area contributed by atoms with E-state index in [0.717, 1.165) is 14.7 Å². The molecule has 1 aromatic heterocycles. The van der Waals surface area contributed by atoms with Gasteiger partial charge in [0.25, 0.3) is 0 Å². The van der Waals surface area contributed by atoms with Gasteiger partial charge >= 0.3 is 0 Å². The molecular weight excluding hydrogens is 351 g/mol. The van der Waals surface area contributed by atoms with E-state index in [1.807, 2.05) is 19.1 Å². The minimum Gasteiger partial charge on any atom is -0.310 e. The van der Waals surface area contributed by atoms with Crippen LogP contribution in [0.15, 0.2) is 28.1 Å². The largest absolute Gasteiger partial charge is 0.310 e. The second-order valence-corrected chi connectivity index (χ2v) is 6.83. The van der Waals surface area contributed by atoms with Crippen molar-refractivity contribution in [2.24, 2.45) is 0 Å². The van der Waals surface area contributed by atoms with Gasteiger partial charge in [0.1, 0.15) is 0 Å². The van der Waals surface area contributed by atoms with E-state index in [1.54, 1.807) is 0 Å². The van der Waals surface area contributed by atoms with Gasteiger partial charge in [0, 0.05) is 22.9 Å². The molecule has 1 heterocycles. The second kappa shape index (κ2) is 6.74. The summed E-state index contributed by atoms with van der Waals surface area (Å²) in [6.45, 7) is 2.49. The van der Waals surface area contributed by atoms with E-state index < -0.39 is 17.5 Å². The average molecular weight is 364 g/mol. The minimum atomic E-state index is -1.42. The van der Waals surface area contributed by atoms with Crippen molar-refractivity contribution in [3.8, 4) is 0 Å². The maximum absolute atomic E-state index is 13.9. The predicted molar refractivity (Wildman–Crippen MR) is 78.5 cm³/mol. The fourth-order valence-electron chi connectivity index (χ4n) is 2.01. The van der Waals surface area contributed by atoms with Crippen molar-refractivity contribution in [3.63, 3.8) is 0 Å². The van der Waals surface area contributed by atoms with Crippen molar-refractivity contribution in [2.75, 3.05) is 6.54 Å². The first-order valence-electron chi connectivity index (χ1n) is 6.14. The first kappa shape index (κ1) is 15.5. The highest BCUT2D eigenvalue weighted by Gasteiger charge is 2.21. The zero-order valence-electron chi connectivity index (χ0n) is 10.7. The van der Waals surface area contributed by atoms with Crippen LogP contribution < -0.4 is 5.32 Å². The van der Waals surface area contributed by atoms with Crippen molar-refractivity contribution in [1.82, 2.24) is 5.32 Å². The number of likely N-dealkylation sites (N-methyl/N-ethyl adjacent to an activating group) is 1. The Morgan fingerprint density at radius 1 is 1.15 bits per heavy atom. The molecule has 2 aromatic rings. The maximum atomic E-state index is 13.9. The molecule has 2 rings (SSSR count). The highest BCUT2D eigenvalue weighted by molar-refractivity contribution is 9.11. The highest BCUT2D eigenvalue weighted by atomic mass is 79.9. The summed E-state index contributed by atoms with van der Waals surface area (Å²) in [5.74, 6) is -3.70. The predicted octanol–water partition coefficient (Wildman–Crippen LogP) is 4.82. The highest BCUT2D eigenvalue weighted by Crippen LogP contribution is 2.29. The molecule has 0 aliphatic carbocycles. The minimum absolute atomic E-state index is 0.148. The molecule has 0 bridgehead atoms. The van der Waals surface area contributed by atoms with Gasteiger partial charge in [0.15, 0.2) is 17.5 Å². The first-order chi connectivity index (χ1) is 9.52. The van der Waals surface area contributed by atoms with E-state index in [0.29, 0.717) is 13.0 Å². The molecule has 0 fully saturated rings. The summed E-state index contributed by atoms with van der Waals surface area (Å²) in [6, 6.07) is 5.70. The van der Waals surface area contributed by atoms with Gasteiger partial charge in [-0.05, 0) is 40.7 Å². The van der Waals surface area contributed by atoms with Crippen LogP contribution in [0, 0.1) is 17.5 Å². The summed E-state index contributed by atoms with van der Waals surface area (Å²) in [5.41, 5.74) is 0.148. The molecule has 0 aliphatic rings. The summed E-state index contributed by atoms with van der Waals surface area (Å²) in [6.07, 6.45) is 0.520. The van der Waals surface area contributed by atoms with Crippen molar-refractivity contribution in [1.29, 1.82) is 0 Å². The fourth-order valence-corrected chi connectivity index (χ4v) is 3.54. The van der Waals surface area contributed by atoms with E-state index in [4.69, 9.17) is 0 Å². The van der Waals surface area contributed by atoms with Crippen LogP contribution in [0.2, 0.25) is 0 Å². The van der Waals surface area contributed by atoms with Crippen molar-refractivity contribution >= 4 is 27.3 Å². The molecule has 1 aromatic carbocycles. The summed E-state index contributed by atoms with van der Waals surface area (Å²) in [5, 5.41) is 3.11. The van der Waals surface area contributed by atoms with E-state index in [-0.39, 0.29) is 11.6 Å². The Kier molecular flexibility index (Phi) is 5.23. The molecule has 1 atom stereocenters. The Balaban J connectivity index is 2.31. The Hall–Kier alpha value is -0.850. The smallest absolute Gasteiger partial charge is 0.194 e. The van der Waals surface area contributed by atoms with Crippen molar-refractivity contribution in [2.45, 2.75) is 19.4 Å². The summed E-state index contributed by atoms with van der Waals surface area (Å²) in [4.78, 5) is 1.03. The van der Waals surface area contributed by atoms with Gasteiger partial charge in [0.05, 0.1) is 3.79 Å². The topological polar surface area (TPSA) is 12.0 Å². The lowest BCUT2D eigenvalue weighted by Gasteiger charge is -2.18. The molecule has 1 N–H and O–H groups in total. The van der Waals surface area contributed by atoms with Gasteiger partial charge in [-0.1, -0.05) is 13.0 Å². The summed E-state index contributed by atoms with van der Waals surface area (Å²) >= 11 is 4.90. The molecule has 0 spiro atoms. The Labute approximate surface area is 128 Å². The molecule has 108 valence electrons. The lowest BCUT2D eigenvalue weighted by molar-refractivity contribution is 0.425. The SMILES string of the molecule is CCNC(Cc1ccc(Br)s1)c1ccc(F)c(F)c1F. The molecular formula is C14H13BrF3NS. The van der Waals surface area contributed by atoms with Gasteiger partial charge in [-0.3, -0.25) is 0 Å². The lowest BCUT2D eigenvalue weighted by Crippen LogP contribution is -2.24. The summed E-state index contributed by atoms with van der Waals surface area (Å²) < 4.78 is 41.2. The maximum Gasteiger partial charge on any atom is 0.194 e. The zero-order chi connectivity index (χ0) is 14.7. The monoisotopic (exact) mass is 363 g/mol. The van der Waals surface area contributed by atoms with E-state index >= 15 is 0 Å². The molecule has 0 aliphatic heterocycles. The normalized spacial score (nSPS) is 12.7. The number of benzene rings is 1. The molecule has 20 heavy (non-hydrogen) atoms. The standard InChI is InChI=1S/C14H13BrF3NS/c1-2-19-11(7-8-3-6-12(15)20-8)9-4-5-10(16)14(18)13(9)17/h3-6,11,19H,2,7H2,1H3. The van der Waals surface area contributed by atoms with Crippen molar-refractivity contribution < 1.29 is 13.2 Å². The number of hydrogen-bond donors (Lipinski definition) is 1. The van der Waals surface area contributed by atoms with Crippen LogP contribution in [-0.2, 0) is 6.42 Å². The lowest BCUT2D eigenvalue weighted by atomic mass is 10.0. The van der Waals surface area contributed by atoms with Crippen LogP contribution in [0.5, 0.6) is 0 Å². The molecule has 0 radical (unpaired) electrons. The number of rotatable bonds is 5. The fraction of sp³-hybridized carbons (Fsp3) is 0.286. The van der Waals surface area contributed by atoms with Crippen LogP contribution in [0.25, 0.3) is 0 Å². The van der Waals surface area contributed by atoms with Crippen LogP contribution in [0.1, 0.15) is 23.4 Å². The third kappa shape index (κ3) is 3.42. The summed E-state index contributed by atoms with van der Waals surface area (Å²) in [7, 11) is 0. The van der Waals surface area contributed by atoms with Gasteiger partial charge in [-0.25, -0.2) is 13.2 Å². The zero-order valence-corrected chi connectivity index (χ0v) is 13.1. The Morgan fingerprint density at radius 2 is 1.90 bits per heavy atom. The third-order valence-corrected chi connectivity index (χ3v) is 4.57. The van der Waals surface area contributed by atoms with Gasteiger partial charge in [-0.2, -0.15) is 0 Å². The van der Waals surface area contributed by atoms with Gasteiger partial charge < -0.3 is 5.32 Å². The quantitative estimate of drug-likeness (QED) is 0.750. The van der Waals surface area contributed by atoms with Crippen LogP contribution >= 0.6 is 27.3 Å². The Bertz CT molecular complexity index is 600. The number of nitrogens with one attached hydrogen (secondary N) is 1. The third-order valence-electron chi connectivity index (χ3n) is 2.93. The van der Waals surface area contributed by atoms with Crippen molar-refractivity contribution in [3.05, 3.63) is 55.9 Å². The van der Waals surface area contributed by atoms with E-state index in [9.17, 15) is 13.2 Å². The van der Waals surface area contributed by atoms with Gasteiger partial charge in [0.2, 0.25) is 0 Å². The van der Waals surface area contributed by atoms with E-state index in [1.165, 1.54) is 17.4 Å². The molecule has 0 amide bonds. The number of hydrogen-bond acceptors (Lipinski definition) is 2. The molecule has 0 saturated carbocycles. The molecule has 1 nitrogen and oxygen atoms in total. The van der Waals surface area contributed by atoms with Crippen LogP contribution in [0.3, 0.4) is 0 Å².